The Balaban J connectivity index is 1.49. The van der Waals surface area contributed by atoms with E-state index in [2.05, 4.69) is 50.2 Å². The van der Waals surface area contributed by atoms with Gasteiger partial charge in [-0.3, -0.25) is 4.79 Å². The lowest BCUT2D eigenvalue weighted by atomic mass is 9.94. The van der Waals surface area contributed by atoms with Gasteiger partial charge in [-0.2, -0.15) is 0 Å². The van der Waals surface area contributed by atoms with Gasteiger partial charge in [-0.05, 0) is 77.6 Å². The van der Waals surface area contributed by atoms with E-state index in [4.69, 9.17) is 14.6 Å². The zero-order valence-corrected chi connectivity index (χ0v) is 18.8. The van der Waals surface area contributed by atoms with Crippen molar-refractivity contribution in [3.63, 3.8) is 0 Å². The summed E-state index contributed by atoms with van der Waals surface area (Å²) in [5, 5.41) is 9.09. The van der Waals surface area contributed by atoms with Crippen molar-refractivity contribution in [3.8, 4) is 22.6 Å². The van der Waals surface area contributed by atoms with Crippen molar-refractivity contribution < 1.29 is 19.4 Å². The van der Waals surface area contributed by atoms with Crippen molar-refractivity contribution in [3.05, 3.63) is 76.9 Å². The molecule has 160 valence electrons. The van der Waals surface area contributed by atoms with E-state index in [1.165, 1.54) is 22.3 Å². The van der Waals surface area contributed by atoms with E-state index in [1.54, 1.807) is 18.9 Å². The Morgan fingerprint density at radius 1 is 1.06 bits per heavy atom. The monoisotopic (exact) mass is 434 g/mol. The first-order valence-electron chi connectivity index (χ1n) is 10.3. The maximum absolute atomic E-state index is 11.1. The van der Waals surface area contributed by atoms with Crippen LogP contribution >= 0.6 is 11.8 Å². The molecule has 0 radical (unpaired) electrons. The fourth-order valence-electron chi connectivity index (χ4n) is 4.21. The molecule has 4 nitrogen and oxygen atoms in total. The average Bonchev–Trinajstić information content (AvgIpc) is 3.13. The Hall–Kier alpha value is -2.92. The standard InChI is InChI=1S/C26H26O4S/c1-16-9-22(29-3)10-17(2)26(16)19-6-4-5-18(11-19)14-30-21-7-8-23-20(12-25(27)28)15-31-24(23)13-21/h4-11,13,20H,12,14-15H2,1-3H3,(H,27,28). The number of fused-ring (bicyclic) bond motifs is 1. The Bertz CT molecular complexity index is 1100. The van der Waals surface area contributed by atoms with Crippen LogP contribution in [0.2, 0.25) is 0 Å². The van der Waals surface area contributed by atoms with Gasteiger partial charge in [0, 0.05) is 16.6 Å². The lowest BCUT2D eigenvalue weighted by molar-refractivity contribution is -0.137. The number of hydrogen-bond acceptors (Lipinski definition) is 4. The summed E-state index contributed by atoms with van der Waals surface area (Å²) in [6.07, 6.45) is 0.178. The van der Waals surface area contributed by atoms with Crippen molar-refractivity contribution in [2.75, 3.05) is 12.9 Å². The number of carbonyl (C=O) groups is 1. The van der Waals surface area contributed by atoms with Crippen LogP contribution in [0.15, 0.2) is 59.5 Å². The Labute approximate surface area is 187 Å². The van der Waals surface area contributed by atoms with Gasteiger partial charge in [-0.15, -0.1) is 11.8 Å². The molecule has 1 heterocycles. The van der Waals surface area contributed by atoms with Crippen molar-refractivity contribution in [2.24, 2.45) is 0 Å². The molecule has 1 unspecified atom stereocenters. The smallest absolute Gasteiger partial charge is 0.303 e. The van der Waals surface area contributed by atoms with E-state index in [-0.39, 0.29) is 12.3 Å². The molecule has 0 saturated carbocycles. The van der Waals surface area contributed by atoms with Gasteiger partial charge in [-0.1, -0.05) is 24.3 Å². The number of benzene rings is 3. The van der Waals surface area contributed by atoms with Crippen LogP contribution in [0.5, 0.6) is 11.5 Å². The minimum atomic E-state index is -0.749. The lowest BCUT2D eigenvalue weighted by Gasteiger charge is -2.14. The molecular formula is C26H26O4S. The highest BCUT2D eigenvalue weighted by molar-refractivity contribution is 7.99. The van der Waals surface area contributed by atoms with Gasteiger partial charge in [0.25, 0.3) is 0 Å². The van der Waals surface area contributed by atoms with Crippen LogP contribution in [0.1, 0.15) is 34.6 Å². The van der Waals surface area contributed by atoms with E-state index in [0.717, 1.165) is 33.3 Å². The van der Waals surface area contributed by atoms with E-state index in [0.29, 0.717) is 6.61 Å². The van der Waals surface area contributed by atoms with Gasteiger partial charge in [0.1, 0.15) is 18.1 Å². The summed E-state index contributed by atoms with van der Waals surface area (Å²) in [5.74, 6) is 1.83. The predicted octanol–water partition coefficient (Wildman–Crippen LogP) is 6.22. The van der Waals surface area contributed by atoms with Gasteiger partial charge < -0.3 is 14.6 Å². The number of carboxylic acids is 1. The second-order valence-electron chi connectivity index (χ2n) is 7.93. The van der Waals surface area contributed by atoms with E-state index in [9.17, 15) is 4.79 Å². The summed E-state index contributed by atoms with van der Waals surface area (Å²) in [4.78, 5) is 12.2. The SMILES string of the molecule is COc1cc(C)c(-c2cccc(COc3ccc4c(c3)SCC4CC(=O)O)c2)c(C)c1. The molecule has 0 amide bonds. The molecule has 1 atom stereocenters. The molecule has 3 aromatic carbocycles. The second kappa shape index (κ2) is 9.06. The molecule has 31 heavy (non-hydrogen) atoms. The molecule has 1 aliphatic heterocycles. The summed E-state index contributed by atoms with van der Waals surface area (Å²) < 4.78 is 11.5. The number of aryl methyl sites for hydroxylation is 2. The van der Waals surface area contributed by atoms with E-state index in [1.807, 2.05) is 18.2 Å². The topological polar surface area (TPSA) is 55.8 Å². The minimum absolute atomic E-state index is 0.0826. The molecule has 3 aromatic rings. The van der Waals surface area contributed by atoms with Crippen LogP contribution < -0.4 is 9.47 Å². The third kappa shape index (κ3) is 4.72. The van der Waals surface area contributed by atoms with Gasteiger partial charge in [0.2, 0.25) is 0 Å². The van der Waals surface area contributed by atoms with Crippen molar-refractivity contribution in [1.82, 2.24) is 0 Å². The van der Waals surface area contributed by atoms with Crippen molar-refractivity contribution in [2.45, 2.75) is 37.7 Å². The summed E-state index contributed by atoms with van der Waals surface area (Å²) in [5.41, 5.74) is 6.97. The Morgan fingerprint density at radius 3 is 2.55 bits per heavy atom. The maximum atomic E-state index is 11.1. The van der Waals surface area contributed by atoms with Gasteiger partial charge in [0.05, 0.1) is 13.5 Å². The average molecular weight is 435 g/mol. The Kier molecular flexibility index (Phi) is 6.23. The molecule has 0 fully saturated rings. The number of aliphatic carboxylic acids is 1. The van der Waals surface area contributed by atoms with E-state index < -0.39 is 5.97 Å². The molecule has 1 aliphatic rings. The third-order valence-electron chi connectivity index (χ3n) is 5.65. The largest absolute Gasteiger partial charge is 0.497 e. The van der Waals surface area contributed by atoms with Crippen LogP contribution in [0.3, 0.4) is 0 Å². The van der Waals surface area contributed by atoms with Gasteiger partial charge in [0.15, 0.2) is 0 Å². The molecule has 0 saturated heterocycles. The number of thioether (sulfide) groups is 1. The normalized spacial score (nSPS) is 14.9. The maximum Gasteiger partial charge on any atom is 0.303 e. The van der Waals surface area contributed by atoms with Crippen molar-refractivity contribution in [1.29, 1.82) is 0 Å². The zero-order chi connectivity index (χ0) is 22.0. The quantitative estimate of drug-likeness (QED) is 0.478. The zero-order valence-electron chi connectivity index (χ0n) is 18.0. The van der Waals surface area contributed by atoms with Crippen LogP contribution in [-0.2, 0) is 11.4 Å². The molecule has 1 N–H and O–H groups in total. The number of carboxylic acid groups (broad SMARTS) is 1. The summed E-state index contributed by atoms with van der Waals surface area (Å²) in [7, 11) is 1.69. The molecule has 4 rings (SSSR count). The third-order valence-corrected chi connectivity index (χ3v) is 6.88. The van der Waals surface area contributed by atoms with Gasteiger partial charge >= 0.3 is 5.97 Å². The van der Waals surface area contributed by atoms with Crippen LogP contribution in [0, 0.1) is 13.8 Å². The summed E-state index contributed by atoms with van der Waals surface area (Å²) in [6, 6.07) is 18.5. The second-order valence-corrected chi connectivity index (χ2v) is 8.99. The molecule has 0 aliphatic carbocycles. The number of rotatable bonds is 7. The highest BCUT2D eigenvalue weighted by Crippen LogP contribution is 2.43. The molecule has 5 heteroatoms. The highest BCUT2D eigenvalue weighted by Gasteiger charge is 2.25. The van der Waals surface area contributed by atoms with E-state index >= 15 is 0 Å². The van der Waals surface area contributed by atoms with Crippen molar-refractivity contribution >= 4 is 17.7 Å². The lowest BCUT2D eigenvalue weighted by Crippen LogP contribution is -2.05. The predicted molar refractivity (Wildman–Crippen MR) is 124 cm³/mol. The fourth-order valence-corrected chi connectivity index (χ4v) is 5.49. The van der Waals surface area contributed by atoms with Crippen LogP contribution in [-0.4, -0.2) is 23.9 Å². The molecular weight excluding hydrogens is 408 g/mol. The number of methoxy groups -OCH3 is 1. The van der Waals surface area contributed by atoms with Gasteiger partial charge in [-0.25, -0.2) is 0 Å². The van der Waals surface area contributed by atoms with Crippen LogP contribution in [0.4, 0.5) is 0 Å². The molecule has 0 spiro atoms. The first-order chi connectivity index (χ1) is 14.9. The summed E-state index contributed by atoms with van der Waals surface area (Å²) >= 11 is 1.71. The highest BCUT2D eigenvalue weighted by atomic mass is 32.2. The number of hydrogen-bond donors (Lipinski definition) is 1. The first kappa shape index (κ1) is 21.3. The van der Waals surface area contributed by atoms with Crippen LogP contribution in [0.25, 0.3) is 11.1 Å². The molecule has 0 aromatic heterocycles. The Morgan fingerprint density at radius 2 is 1.84 bits per heavy atom. The summed E-state index contributed by atoms with van der Waals surface area (Å²) in [6.45, 7) is 4.69. The minimum Gasteiger partial charge on any atom is -0.497 e. The fraction of sp³-hybridized carbons (Fsp3) is 0.269. The number of ether oxygens (including phenoxy) is 2. The first-order valence-corrected chi connectivity index (χ1v) is 11.3. The molecule has 0 bridgehead atoms.